The lowest BCUT2D eigenvalue weighted by atomic mass is 9.88. The van der Waals surface area contributed by atoms with Crippen LogP contribution in [0.15, 0.2) is 23.4 Å². The van der Waals surface area contributed by atoms with E-state index >= 15 is 0 Å². The minimum Gasteiger partial charge on any atom is -0.409 e. The fourth-order valence-electron chi connectivity index (χ4n) is 1.58. The molecule has 0 aliphatic carbocycles. The molecule has 0 spiro atoms. The summed E-state index contributed by atoms with van der Waals surface area (Å²) in [5.74, 6) is 0.262. The second-order valence-corrected chi connectivity index (χ2v) is 5.07. The zero-order valence-electron chi connectivity index (χ0n) is 11.3. The van der Waals surface area contributed by atoms with E-state index in [9.17, 15) is 0 Å². The highest BCUT2D eigenvalue weighted by atomic mass is 16.4. The fraction of sp³-hybridized carbons (Fsp3) is 0.538. The molecule has 0 bridgehead atoms. The molecule has 0 radical (unpaired) electrons. The van der Waals surface area contributed by atoms with E-state index < -0.39 is 0 Å². The molecule has 1 heterocycles. The first-order chi connectivity index (χ1) is 8.45. The van der Waals surface area contributed by atoms with Gasteiger partial charge in [-0.05, 0) is 32.0 Å². The predicted octanol–water partition coefficient (Wildman–Crippen LogP) is 1.64. The van der Waals surface area contributed by atoms with Gasteiger partial charge in [-0.3, -0.25) is 4.98 Å². The Hall–Kier alpha value is -1.62. The summed E-state index contributed by atoms with van der Waals surface area (Å²) >= 11 is 0. The molecule has 0 saturated carbocycles. The maximum absolute atomic E-state index is 8.67. The normalized spacial score (nSPS) is 12.7. The zero-order chi connectivity index (χ0) is 13.6. The number of rotatable bonds is 6. The van der Waals surface area contributed by atoms with Crippen molar-refractivity contribution in [2.45, 2.75) is 33.7 Å². The molecule has 0 aromatic carbocycles. The van der Waals surface area contributed by atoms with Crippen LogP contribution in [0.1, 0.15) is 31.7 Å². The lowest BCUT2D eigenvalue weighted by Crippen LogP contribution is -2.34. The van der Waals surface area contributed by atoms with Gasteiger partial charge in [0.2, 0.25) is 0 Å². The van der Waals surface area contributed by atoms with Gasteiger partial charge in [0.15, 0.2) is 0 Å². The molecule has 0 atom stereocenters. The van der Waals surface area contributed by atoms with Crippen LogP contribution in [0.25, 0.3) is 0 Å². The van der Waals surface area contributed by atoms with Crippen LogP contribution >= 0.6 is 0 Å². The SMILES string of the molecule is Cc1cccc(CNCCC(C)(C)C(N)=NO)n1. The summed E-state index contributed by atoms with van der Waals surface area (Å²) in [5.41, 5.74) is 7.36. The lowest BCUT2D eigenvalue weighted by Gasteiger charge is -2.22. The topological polar surface area (TPSA) is 83.5 Å². The van der Waals surface area contributed by atoms with Crippen LogP contribution < -0.4 is 11.1 Å². The molecule has 0 saturated heterocycles. The van der Waals surface area contributed by atoms with Crippen LogP contribution in [0.4, 0.5) is 0 Å². The molecule has 0 aliphatic heterocycles. The summed E-state index contributed by atoms with van der Waals surface area (Å²) in [5, 5.41) is 15.0. The van der Waals surface area contributed by atoms with Crippen molar-refractivity contribution in [2.75, 3.05) is 6.54 Å². The number of oxime groups is 1. The third-order valence-corrected chi connectivity index (χ3v) is 2.98. The minimum absolute atomic E-state index is 0.262. The van der Waals surface area contributed by atoms with Gasteiger partial charge < -0.3 is 16.3 Å². The highest BCUT2D eigenvalue weighted by Gasteiger charge is 2.22. The van der Waals surface area contributed by atoms with Crippen molar-refractivity contribution < 1.29 is 5.21 Å². The Morgan fingerprint density at radius 3 is 2.83 bits per heavy atom. The first kappa shape index (κ1) is 14.4. The number of amidine groups is 1. The van der Waals surface area contributed by atoms with Crippen molar-refractivity contribution in [1.29, 1.82) is 0 Å². The molecule has 100 valence electrons. The Morgan fingerprint density at radius 2 is 2.22 bits per heavy atom. The van der Waals surface area contributed by atoms with E-state index in [1.807, 2.05) is 39.0 Å². The van der Waals surface area contributed by atoms with Crippen LogP contribution in [0.3, 0.4) is 0 Å². The molecule has 0 fully saturated rings. The Balaban J connectivity index is 2.35. The van der Waals surface area contributed by atoms with Gasteiger partial charge in [-0.1, -0.05) is 25.1 Å². The average molecular weight is 250 g/mol. The maximum atomic E-state index is 8.67. The van der Waals surface area contributed by atoms with E-state index in [0.717, 1.165) is 30.9 Å². The second-order valence-electron chi connectivity index (χ2n) is 5.07. The number of hydrogen-bond acceptors (Lipinski definition) is 4. The van der Waals surface area contributed by atoms with Crippen LogP contribution in [0, 0.1) is 12.3 Å². The van der Waals surface area contributed by atoms with E-state index in [0.29, 0.717) is 0 Å². The number of pyridine rings is 1. The fourth-order valence-corrected chi connectivity index (χ4v) is 1.58. The van der Waals surface area contributed by atoms with Crippen molar-refractivity contribution in [3.8, 4) is 0 Å². The molecule has 0 aliphatic rings. The summed E-state index contributed by atoms with van der Waals surface area (Å²) in [6, 6.07) is 5.97. The zero-order valence-corrected chi connectivity index (χ0v) is 11.3. The largest absolute Gasteiger partial charge is 0.409 e. The number of nitrogens with two attached hydrogens (primary N) is 1. The molecule has 4 N–H and O–H groups in total. The highest BCUT2D eigenvalue weighted by molar-refractivity contribution is 5.85. The van der Waals surface area contributed by atoms with Gasteiger partial charge in [0, 0.05) is 17.7 Å². The van der Waals surface area contributed by atoms with Gasteiger partial charge in [0.05, 0.1) is 5.69 Å². The highest BCUT2D eigenvalue weighted by Crippen LogP contribution is 2.19. The number of aryl methyl sites for hydroxylation is 1. The minimum atomic E-state index is -0.304. The van der Waals surface area contributed by atoms with Gasteiger partial charge in [-0.2, -0.15) is 0 Å². The predicted molar refractivity (Wildman–Crippen MR) is 72.5 cm³/mol. The number of hydrogen-bond donors (Lipinski definition) is 3. The van der Waals surface area contributed by atoms with Crippen molar-refractivity contribution in [2.24, 2.45) is 16.3 Å². The summed E-state index contributed by atoms with van der Waals surface area (Å²) in [7, 11) is 0. The molecular formula is C13H22N4O. The van der Waals surface area contributed by atoms with Crippen LogP contribution in [0.2, 0.25) is 0 Å². The molecule has 1 aromatic heterocycles. The smallest absolute Gasteiger partial charge is 0.144 e. The van der Waals surface area contributed by atoms with Gasteiger partial charge in [0.25, 0.3) is 0 Å². The Labute approximate surface area is 108 Å². The summed E-state index contributed by atoms with van der Waals surface area (Å²) in [6.45, 7) is 7.40. The number of nitrogens with zero attached hydrogens (tertiary/aromatic N) is 2. The average Bonchev–Trinajstić information content (AvgIpc) is 2.33. The second kappa shape index (κ2) is 6.35. The van der Waals surface area contributed by atoms with Gasteiger partial charge in [-0.25, -0.2) is 0 Å². The molecule has 0 amide bonds. The van der Waals surface area contributed by atoms with E-state index in [1.165, 1.54) is 0 Å². The van der Waals surface area contributed by atoms with Gasteiger partial charge in [-0.15, -0.1) is 0 Å². The lowest BCUT2D eigenvalue weighted by molar-refractivity contribution is 0.305. The molecule has 1 aromatic rings. The first-order valence-corrected chi connectivity index (χ1v) is 6.07. The number of nitrogens with one attached hydrogen (secondary N) is 1. The standard InChI is InChI=1S/C13H22N4O/c1-10-5-4-6-11(16-10)9-15-8-7-13(2,3)12(14)17-18/h4-6,15,18H,7-9H2,1-3H3,(H2,14,17). The molecule has 0 unspecified atom stereocenters. The molecular weight excluding hydrogens is 228 g/mol. The van der Waals surface area contributed by atoms with E-state index in [-0.39, 0.29) is 11.3 Å². The first-order valence-electron chi connectivity index (χ1n) is 6.07. The van der Waals surface area contributed by atoms with Crippen LogP contribution in [0.5, 0.6) is 0 Å². The Bertz CT molecular complexity index is 415. The van der Waals surface area contributed by atoms with E-state index in [4.69, 9.17) is 10.9 Å². The molecule has 5 heteroatoms. The molecule has 5 nitrogen and oxygen atoms in total. The van der Waals surface area contributed by atoms with Crippen LogP contribution in [-0.4, -0.2) is 22.6 Å². The summed E-state index contributed by atoms with van der Waals surface area (Å²) in [6.07, 6.45) is 0.800. The Morgan fingerprint density at radius 1 is 1.50 bits per heavy atom. The van der Waals surface area contributed by atoms with E-state index in [1.54, 1.807) is 0 Å². The Kier molecular flexibility index (Phi) is 5.09. The van der Waals surface area contributed by atoms with Crippen LogP contribution in [-0.2, 0) is 6.54 Å². The monoisotopic (exact) mass is 250 g/mol. The molecule has 1 rings (SSSR count). The molecule has 18 heavy (non-hydrogen) atoms. The van der Waals surface area contributed by atoms with Crippen molar-refractivity contribution in [3.05, 3.63) is 29.6 Å². The third-order valence-electron chi connectivity index (χ3n) is 2.98. The van der Waals surface area contributed by atoms with Gasteiger partial charge >= 0.3 is 0 Å². The summed E-state index contributed by atoms with van der Waals surface area (Å²) in [4.78, 5) is 4.41. The van der Waals surface area contributed by atoms with Crippen molar-refractivity contribution >= 4 is 5.84 Å². The van der Waals surface area contributed by atoms with E-state index in [2.05, 4.69) is 15.5 Å². The third kappa shape index (κ3) is 4.33. The van der Waals surface area contributed by atoms with Gasteiger partial charge in [0.1, 0.15) is 5.84 Å². The van der Waals surface area contributed by atoms with Crippen molar-refractivity contribution in [1.82, 2.24) is 10.3 Å². The maximum Gasteiger partial charge on any atom is 0.144 e. The summed E-state index contributed by atoms with van der Waals surface area (Å²) < 4.78 is 0. The number of aromatic nitrogens is 1. The quantitative estimate of drug-likeness (QED) is 0.236. The van der Waals surface area contributed by atoms with Crippen molar-refractivity contribution in [3.63, 3.8) is 0 Å².